The molecular formula is C12H18N4. The molecular weight excluding hydrogens is 200 g/mol. The van der Waals surface area contributed by atoms with Crippen LogP contribution in [0.15, 0.2) is 24.5 Å². The summed E-state index contributed by atoms with van der Waals surface area (Å²) in [6, 6.07) is 4.41. The van der Waals surface area contributed by atoms with Crippen LogP contribution in [0.3, 0.4) is 0 Å². The van der Waals surface area contributed by atoms with Crippen molar-refractivity contribution in [3.8, 4) is 0 Å². The van der Waals surface area contributed by atoms with Gasteiger partial charge in [0.15, 0.2) is 5.65 Å². The van der Waals surface area contributed by atoms with Gasteiger partial charge in [-0.3, -0.25) is 0 Å². The highest BCUT2D eigenvalue weighted by Gasteiger charge is 2.07. The topological polar surface area (TPSA) is 42.2 Å². The van der Waals surface area contributed by atoms with Crippen LogP contribution in [-0.4, -0.2) is 20.6 Å². The Morgan fingerprint density at radius 3 is 2.81 bits per heavy atom. The van der Waals surface area contributed by atoms with Crippen molar-refractivity contribution in [1.82, 2.24) is 19.9 Å². The standard InChI is InChI=1S/C12H18N4/c1-9(2)10(3)14-8-11-4-6-13-12-5-7-15-16(11)12/h4-7,9-10,14H,8H2,1-3H3. The van der Waals surface area contributed by atoms with Gasteiger partial charge in [0.2, 0.25) is 0 Å². The van der Waals surface area contributed by atoms with Gasteiger partial charge in [-0.2, -0.15) is 5.10 Å². The van der Waals surface area contributed by atoms with Crippen molar-refractivity contribution < 1.29 is 0 Å². The van der Waals surface area contributed by atoms with Gasteiger partial charge >= 0.3 is 0 Å². The Morgan fingerprint density at radius 1 is 1.25 bits per heavy atom. The van der Waals surface area contributed by atoms with Crippen molar-refractivity contribution in [2.45, 2.75) is 33.4 Å². The molecule has 4 heteroatoms. The van der Waals surface area contributed by atoms with Gasteiger partial charge in [-0.05, 0) is 18.9 Å². The van der Waals surface area contributed by atoms with Crippen molar-refractivity contribution in [2.24, 2.45) is 5.92 Å². The number of nitrogens with zero attached hydrogens (tertiary/aromatic N) is 3. The lowest BCUT2D eigenvalue weighted by atomic mass is 10.1. The minimum absolute atomic E-state index is 0.499. The average Bonchev–Trinajstić information content (AvgIpc) is 2.73. The fourth-order valence-electron chi connectivity index (χ4n) is 1.52. The van der Waals surface area contributed by atoms with E-state index in [9.17, 15) is 0 Å². The van der Waals surface area contributed by atoms with E-state index in [1.165, 1.54) is 0 Å². The van der Waals surface area contributed by atoms with Crippen LogP contribution in [0.2, 0.25) is 0 Å². The van der Waals surface area contributed by atoms with E-state index in [4.69, 9.17) is 0 Å². The third-order valence-corrected chi connectivity index (χ3v) is 2.97. The highest BCUT2D eigenvalue weighted by Crippen LogP contribution is 2.05. The van der Waals surface area contributed by atoms with E-state index in [0.717, 1.165) is 17.9 Å². The molecule has 0 aliphatic rings. The summed E-state index contributed by atoms with van der Waals surface area (Å²) in [6.45, 7) is 7.45. The minimum atomic E-state index is 0.499. The molecule has 0 amide bonds. The van der Waals surface area contributed by atoms with Crippen LogP contribution < -0.4 is 5.32 Å². The molecule has 0 saturated heterocycles. The molecule has 0 aliphatic heterocycles. The summed E-state index contributed by atoms with van der Waals surface area (Å²) < 4.78 is 1.88. The number of nitrogens with one attached hydrogen (secondary N) is 1. The van der Waals surface area contributed by atoms with Gasteiger partial charge in [0.25, 0.3) is 0 Å². The summed E-state index contributed by atoms with van der Waals surface area (Å²) in [5.41, 5.74) is 2.04. The van der Waals surface area contributed by atoms with E-state index in [0.29, 0.717) is 12.0 Å². The summed E-state index contributed by atoms with van der Waals surface area (Å²) in [6.07, 6.45) is 3.60. The van der Waals surface area contributed by atoms with Crippen molar-refractivity contribution in [3.63, 3.8) is 0 Å². The first-order valence-electron chi connectivity index (χ1n) is 5.69. The van der Waals surface area contributed by atoms with Gasteiger partial charge in [0.05, 0.1) is 11.9 Å². The van der Waals surface area contributed by atoms with Crippen LogP contribution in [0.5, 0.6) is 0 Å². The van der Waals surface area contributed by atoms with Crippen LogP contribution >= 0.6 is 0 Å². The number of rotatable bonds is 4. The Labute approximate surface area is 95.7 Å². The highest BCUT2D eigenvalue weighted by atomic mass is 15.3. The van der Waals surface area contributed by atoms with E-state index in [2.05, 4.69) is 36.2 Å². The predicted molar refractivity (Wildman–Crippen MR) is 64.1 cm³/mol. The first-order valence-corrected chi connectivity index (χ1v) is 5.69. The van der Waals surface area contributed by atoms with E-state index >= 15 is 0 Å². The molecule has 0 spiro atoms. The SMILES string of the molecule is CC(C)C(C)NCc1ccnc2ccnn12. The predicted octanol–water partition coefficient (Wildman–Crippen LogP) is 1.86. The maximum atomic E-state index is 4.26. The molecule has 0 radical (unpaired) electrons. The fourth-order valence-corrected chi connectivity index (χ4v) is 1.52. The van der Waals surface area contributed by atoms with Crippen molar-refractivity contribution in [1.29, 1.82) is 0 Å². The maximum Gasteiger partial charge on any atom is 0.155 e. The largest absolute Gasteiger partial charge is 0.308 e. The average molecular weight is 218 g/mol. The summed E-state index contributed by atoms with van der Waals surface area (Å²) in [7, 11) is 0. The Hall–Kier alpha value is -1.42. The third-order valence-electron chi connectivity index (χ3n) is 2.97. The fraction of sp³-hybridized carbons (Fsp3) is 0.500. The molecule has 0 saturated carbocycles. The third kappa shape index (κ3) is 2.22. The van der Waals surface area contributed by atoms with Gasteiger partial charge in [-0.1, -0.05) is 13.8 Å². The lowest BCUT2D eigenvalue weighted by Gasteiger charge is -2.17. The van der Waals surface area contributed by atoms with Gasteiger partial charge in [-0.25, -0.2) is 9.50 Å². The second-order valence-corrected chi connectivity index (χ2v) is 4.45. The zero-order valence-corrected chi connectivity index (χ0v) is 10.0. The first-order chi connectivity index (χ1) is 7.68. The van der Waals surface area contributed by atoms with Crippen molar-refractivity contribution in [2.75, 3.05) is 0 Å². The highest BCUT2D eigenvalue weighted by molar-refractivity contribution is 5.36. The molecule has 0 aromatic carbocycles. The van der Waals surface area contributed by atoms with Crippen LogP contribution in [-0.2, 0) is 6.54 Å². The summed E-state index contributed by atoms with van der Waals surface area (Å²) in [4.78, 5) is 4.24. The number of aromatic nitrogens is 3. The molecule has 4 nitrogen and oxygen atoms in total. The Morgan fingerprint density at radius 2 is 2.06 bits per heavy atom. The number of hydrogen-bond donors (Lipinski definition) is 1. The van der Waals surface area contributed by atoms with E-state index in [1.807, 2.05) is 22.8 Å². The van der Waals surface area contributed by atoms with E-state index in [1.54, 1.807) is 6.20 Å². The minimum Gasteiger partial charge on any atom is -0.308 e. The van der Waals surface area contributed by atoms with Crippen LogP contribution in [0, 0.1) is 5.92 Å². The lowest BCUT2D eigenvalue weighted by Crippen LogP contribution is -2.30. The molecule has 1 unspecified atom stereocenters. The molecule has 1 N–H and O–H groups in total. The molecule has 86 valence electrons. The monoisotopic (exact) mass is 218 g/mol. The van der Waals surface area contributed by atoms with E-state index in [-0.39, 0.29) is 0 Å². The van der Waals surface area contributed by atoms with Crippen molar-refractivity contribution in [3.05, 3.63) is 30.2 Å². The van der Waals surface area contributed by atoms with Gasteiger partial charge in [0, 0.05) is 24.8 Å². The smallest absolute Gasteiger partial charge is 0.155 e. The number of fused-ring (bicyclic) bond motifs is 1. The molecule has 0 aliphatic carbocycles. The van der Waals surface area contributed by atoms with E-state index < -0.39 is 0 Å². The molecule has 0 fully saturated rings. The quantitative estimate of drug-likeness (QED) is 0.851. The summed E-state index contributed by atoms with van der Waals surface area (Å²) in [5.74, 6) is 0.634. The van der Waals surface area contributed by atoms with Gasteiger partial charge < -0.3 is 5.32 Å². The first kappa shape index (κ1) is 11.1. The molecule has 2 heterocycles. The van der Waals surface area contributed by atoms with Gasteiger partial charge in [0.1, 0.15) is 0 Å². The van der Waals surface area contributed by atoms with Crippen LogP contribution in [0.25, 0.3) is 5.65 Å². The van der Waals surface area contributed by atoms with Crippen LogP contribution in [0.1, 0.15) is 26.5 Å². The van der Waals surface area contributed by atoms with Crippen LogP contribution in [0.4, 0.5) is 0 Å². The molecule has 16 heavy (non-hydrogen) atoms. The number of hydrogen-bond acceptors (Lipinski definition) is 3. The normalized spacial score (nSPS) is 13.5. The molecule has 2 aromatic rings. The van der Waals surface area contributed by atoms with Gasteiger partial charge in [-0.15, -0.1) is 0 Å². The van der Waals surface area contributed by atoms with Crippen molar-refractivity contribution >= 4 is 5.65 Å². The Bertz CT molecular complexity index is 461. The summed E-state index contributed by atoms with van der Waals surface area (Å²) >= 11 is 0. The zero-order chi connectivity index (χ0) is 11.5. The second kappa shape index (κ2) is 4.61. The second-order valence-electron chi connectivity index (χ2n) is 4.45. The molecule has 2 rings (SSSR count). The maximum absolute atomic E-state index is 4.26. The zero-order valence-electron chi connectivity index (χ0n) is 10.0. The Balaban J connectivity index is 2.12. The lowest BCUT2D eigenvalue weighted by molar-refractivity contribution is 0.422. The Kier molecular flexibility index (Phi) is 3.19. The molecule has 0 bridgehead atoms. The summed E-state index contributed by atoms with van der Waals surface area (Å²) in [5, 5.41) is 7.75. The molecule has 1 atom stereocenters. The molecule has 2 aromatic heterocycles.